The molecule has 7 heteroatoms. The molecule has 6 nitrogen and oxygen atoms in total. The van der Waals surface area contributed by atoms with Gasteiger partial charge in [0.2, 0.25) is 0 Å². The third-order valence-electron chi connectivity index (χ3n) is 6.79. The first-order valence-corrected chi connectivity index (χ1v) is 12.8. The Morgan fingerprint density at radius 3 is 2.49 bits per heavy atom. The van der Waals surface area contributed by atoms with Crippen LogP contribution in [0.15, 0.2) is 59.0 Å². The molecule has 0 radical (unpaired) electrons. The van der Waals surface area contributed by atoms with Crippen LogP contribution in [0.1, 0.15) is 34.5 Å². The maximum absolute atomic E-state index is 13.0. The van der Waals surface area contributed by atoms with E-state index in [0.717, 1.165) is 68.2 Å². The van der Waals surface area contributed by atoms with E-state index in [2.05, 4.69) is 23.2 Å². The van der Waals surface area contributed by atoms with Gasteiger partial charge in [-0.2, -0.15) is 0 Å². The highest BCUT2D eigenvalue weighted by atomic mass is 35.5. The first kappa shape index (κ1) is 23.9. The fourth-order valence-corrected chi connectivity index (χ4v) is 4.93. The summed E-state index contributed by atoms with van der Waals surface area (Å²) in [6, 6.07) is 17.8. The fourth-order valence-electron chi connectivity index (χ4n) is 4.68. The molecule has 0 bridgehead atoms. The number of halogens is 1. The Morgan fingerprint density at radius 1 is 1.03 bits per heavy atom. The molecule has 1 N–H and O–H groups in total. The molecule has 2 aliphatic heterocycles. The van der Waals surface area contributed by atoms with Gasteiger partial charge in [-0.3, -0.25) is 9.69 Å². The van der Waals surface area contributed by atoms with E-state index in [-0.39, 0.29) is 12.0 Å². The van der Waals surface area contributed by atoms with Gasteiger partial charge in [-0.1, -0.05) is 47.5 Å². The van der Waals surface area contributed by atoms with Gasteiger partial charge in [0.25, 0.3) is 5.91 Å². The first-order valence-electron chi connectivity index (χ1n) is 12.4. The van der Waals surface area contributed by atoms with Crippen LogP contribution in [0.3, 0.4) is 0 Å². The molecule has 2 saturated heterocycles. The minimum atomic E-state index is -0.0505. The number of furan rings is 1. The van der Waals surface area contributed by atoms with E-state index < -0.39 is 0 Å². The van der Waals surface area contributed by atoms with E-state index in [1.165, 1.54) is 5.56 Å². The van der Waals surface area contributed by atoms with Gasteiger partial charge in [0.15, 0.2) is 5.76 Å². The number of amides is 1. The molecule has 1 aromatic heterocycles. The first-order chi connectivity index (χ1) is 17.0. The van der Waals surface area contributed by atoms with Crippen LogP contribution in [-0.2, 0) is 6.54 Å². The lowest BCUT2D eigenvalue weighted by Gasteiger charge is -2.34. The van der Waals surface area contributed by atoms with E-state index in [1.54, 1.807) is 6.07 Å². The standard InChI is InChI=1S/C28H32ClN3O3/c1-20-2-5-22(6-3-20)25-8-9-27(35-25)28(33)32-16-14-31(15-17-32)19-21-4-7-26(24(29)18-21)34-23-10-12-30-13-11-23/h2-9,18,23,30H,10-17,19H2,1H3. The molecule has 5 rings (SSSR count). The van der Waals surface area contributed by atoms with Gasteiger partial charge < -0.3 is 19.4 Å². The predicted octanol–water partition coefficient (Wildman–Crippen LogP) is 5.00. The summed E-state index contributed by atoms with van der Waals surface area (Å²) in [5.74, 6) is 1.83. The molecule has 0 saturated carbocycles. The summed E-state index contributed by atoms with van der Waals surface area (Å²) in [6.45, 7) is 7.78. The van der Waals surface area contributed by atoms with Crippen molar-refractivity contribution < 1.29 is 13.9 Å². The Kier molecular flexibility index (Phi) is 7.42. The average molecular weight is 494 g/mol. The van der Waals surface area contributed by atoms with Crippen LogP contribution in [0.25, 0.3) is 11.3 Å². The summed E-state index contributed by atoms with van der Waals surface area (Å²) < 4.78 is 12.0. The highest BCUT2D eigenvalue weighted by molar-refractivity contribution is 6.32. The van der Waals surface area contributed by atoms with Crippen LogP contribution < -0.4 is 10.1 Å². The Balaban J connectivity index is 1.13. The zero-order chi connectivity index (χ0) is 24.2. The Bertz CT molecular complexity index is 1150. The molecule has 2 aliphatic rings. The van der Waals surface area contributed by atoms with Gasteiger partial charge in [0.1, 0.15) is 17.6 Å². The second kappa shape index (κ2) is 10.9. The summed E-state index contributed by atoms with van der Waals surface area (Å²) in [5.41, 5.74) is 3.32. The number of aryl methyl sites for hydroxylation is 1. The van der Waals surface area contributed by atoms with Crippen molar-refractivity contribution in [2.45, 2.75) is 32.4 Å². The van der Waals surface area contributed by atoms with Crippen molar-refractivity contribution >= 4 is 17.5 Å². The van der Waals surface area contributed by atoms with Crippen LogP contribution in [-0.4, -0.2) is 61.1 Å². The van der Waals surface area contributed by atoms with Gasteiger partial charge in [-0.05, 0) is 62.7 Å². The molecule has 0 atom stereocenters. The van der Waals surface area contributed by atoms with Gasteiger partial charge >= 0.3 is 0 Å². The second-order valence-electron chi connectivity index (χ2n) is 9.43. The number of carbonyl (C=O) groups excluding carboxylic acids is 1. The molecule has 0 spiro atoms. The number of benzene rings is 2. The fraction of sp³-hybridized carbons (Fsp3) is 0.393. The lowest BCUT2D eigenvalue weighted by Crippen LogP contribution is -2.48. The number of ether oxygens (including phenoxy) is 1. The van der Waals surface area contributed by atoms with E-state index in [0.29, 0.717) is 23.9 Å². The van der Waals surface area contributed by atoms with Crippen molar-refractivity contribution in [1.29, 1.82) is 0 Å². The molecule has 3 heterocycles. The minimum Gasteiger partial charge on any atom is -0.489 e. The van der Waals surface area contributed by atoms with Crippen molar-refractivity contribution in [2.24, 2.45) is 0 Å². The number of piperazine rings is 1. The minimum absolute atomic E-state index is 0.0505. The molecule has 0 aliphatic carbocycles. The zero-order valence-electron chi connectivity index (χ0n) is 20.1. The lowest BCUT2D eigenvalue weighted by atomic mass is 10.1. The van der Waals surface area contributed by atoms with Crippen molar-refractivity contribution in [3.8, 4) is 17.1 Å². The third-order valence-corrected chi connectivity index (χ3v) is 7.09. The van der Waals surface area contributed by atoms with Crippen molar-refractivity contribution in [1.82, 2.24) is 15.1 Å². The van der Waals surface area contributed by atoms with Crippen LogP contribution >= 0.6 is 11.6 Å². The number of nitrogens with one attached hydrogen (secondary N) is 1. The van der Waals surface area contributed by atoms with Gasteiger partial charge in [0, 0.05) is 38.3 Å². The van der Waals surface area contributed by atoms with Gasteiger partial charge in [-0.15, -0.1) is 0 Å². The smallest absolute Gasteiger partial charge is 0.289 e. The Morgan fingerprint density at radius 2 is 1.77 bits per heavy atom. The quantitative estimate of drug-likeness (QED) is 0.524. The van der Waals surface area contributed by atoms with Crippen molar-refractivity contribution in [3.05, 3.63) is 76.5 Å². The molecule has 2 fully saturated rings. The highest BCUT2D eigenvalue weighted by Crippen LogP contribution is 2.29. The van der Waals surface area contributed by atoms with Crippen molar-refractivity contribution in [3.63, 3.8) is 0 Å². The van der Waals surface area contributed by atoms with E-state index in [9.17, 15) is 4.79 Å². The summed E-state index contributed by atoms with van der Waals surface area (Å²) in [5, 5.41) is 4.01. The maximum atomic E-state index is 13.0. The zero-order valence-corrected chi connectivity index (χ0v) is 20.9. The number of piperidine rings is 1. The van der Waals surface area contributed by atoms with Crippen LogP contribution in [0, 0.1) is 6.92 Å². The number of nitrogens with zero attached hydrogens (tertiary/aromatic N) is 2. The van der Waals surface area contributed by atoms with Gasteiger partial charge in [-0.25, -0.2) is 0 Å². The average Bonchev–Trinajstić information content (AvgIpc) is 3.37. The number of rotatable bonds is 6. The highest BCUT2D eigenvalue weighted by Gasteiger charge is 2.25. The summed E-state index contributed by atoms with van der Waals surface area (Å²) >= 11 is 6.53. The molecule has 0 unspecified atom stereocenters. The Labute approximate surface area is 211 Å². The summed E-state index contributed by atoms with van der Waals surface area (Å²) in [7, 11) is 0. The van der Waals surface area contributed by atoms with Crippen LogP contribution in [0.5, 0.6) is 5.75 Å². The molecule has 1 amide bonds. The SMILES string of the molecule is Cc1ccc(-c2ccc(C(=O)N3CCN(Cc4ccc(OC5CCNCC5)c(Cl)c4)CC3)o2)cc1. The molecule has 35 heavy (non-hydrogen) atoms. The third kappa shape index (κ3) is 5.89. The topological polar surface area (TPSA) is 58.0 Å². The maximum Gasteiger partial charge on any atom is 0.289 e. The molecular weight excluding hydrogens is 462 g/mol. The predicted molar refractivity (Wildman–Crippen MR) is 138 cm³/mol. The number of hydrogen-bond donors (Lipinski definition) is 1. The summed E-state index contributed by atoms with van der Waals surface area (Å²) in [6.07, 6.45) is 2.24. The van der Waals surface area contributed by atoms with E-state index in [4.69, 9.17) is 20.8 Å². The molecule has 3 aromatic rings. The van der Waals surface area contributed by atoms with Crippen LogP contribution in [0.4, 0.5) is 0 Å². The van der Waals surface area contributed by atoms with Gasteiger partial charge in [0.05, 0.1) is 5.02 Å². The second-order valence-corrected chi connectivity index (χ2v) is 9.84. The van der Waals surface area contributed by atoms with E-state index >= 15 is 0 Å². The van der Waals surface area contributed by atoms with Crippen LogP contribution in [0.2, 0.25) is 5.02 Å². The normalized spacial score (nSPS) is 17.5. The number of carbonyl (C=O) groups is 1. The van der Waals surface area contributed by atoms with E-state index in [1.807, 2.05) is 47.4 Å². The number of hydrogen-bond acceptors (Lipinski definition) is 5. The largest absolute Gasteiger partial charge is 0.489 e. The molecule has 2 aromatic carbocycles. The molecular formula is C28H32ClN3O3. The molecule has 184 valence electrons. The monoisotopic (exact) mass is 493 g/mol. The Hall–Kier alpha value is -2.80. The summed E-state index contributed by atoms with van der Waals surface area (Å²) in [4.78, 5) is 17.2. The van der Waals surface area contributed by atoms with Crippen molar-refractivity contribution in [2.75, 3.05) is 39.3 Å². The lowest BCUT2D eigenvalue weighted by molar-refractivity contribution is 0.0598.